The third-order valence-electron chi connectivity index (χ3n) is 12.6. The number of furan rings is 1. The summed E-state index contributed by atoms with van der Waals surface area (Å²) >= 11 is 1.88. The Morgan fingerprint density at radius 2 is 0.885 bits per heavy atom. The molecule has 2 nitrogen and oxygen atoms in total. The standard InChI is InChI=1S/C58H35NOS/c1-3-15-38-33-40(29-27-36(38)13-1)59(41-30-28-37-14-2-4-16-39(37)34-41)53-24-12-25-54-56(53)52-35-51(44-19-7-8-21-48(44)57(52)60-54)46-32-31-45(42-17-5-6-18-43(42)46)49-22-11-23-50-47-20-9-10-26-55(47)61-58(49)50/h1-35H. The van der Waals surface area contributed by atoms with Gasteiger partial charge >= 0.3 is 0 Å². The van der Waals surface area contributed by atoms with Crippen LogP contribution in [0.3, 0.4) is 0 Å². The molecule has 0 atom stereocenters. The maximum Gasteiger partial charge on any atom is 0.143 e. The van der Waals surface area contributed by atoms with Gasteiger partial charge in [0.15, 0.2) is 0 Å². The number of fused-ring (bicyclic) bond motifs is 11. The van der Waals surface area contributed by atoms with Gasteiger partial charge in [0.05, 0.1) is 11.1 Å². The van der Waals surface area contributed by atoms with Gasteiger partial charge in [0.1, 0.15) is 11.2 Å². The molecule has 11 aromatic carbocycles. The molecule has 0 saturated heterocycles. The second-order valence-electron chi connectivity index (χ2n) is 16.0. The Morgan fingerprint density at radius 1 is 0.344 bits per heavy atom. The molecule has 0 radical (unpaired) electrons. The summed E-state index contributed by atoms with van der Waals surface area (Å²) in [6, 6.07) is 77.5. The minimum atomic E-state index is 0.859. The lowest BCUT2D eigenvalue weighted by atomic mass is 9.89. The van der Waals surface area contributed by atoms with Crippen molar-refractivity contribution >= 4 is 114 Å². The fourth-order valence-corrected chi connectivity index (χ4v) is 11.1. The first-order valence-corrected chi connectivity index (χ1v) is 21.6. The summed E-state index contributed by atoms with van der Waals surface area (Å²) in [7, 11) is 0. The smallest absolute Gasteiger partial charge is 0.143 e. The second kappa shape index (κ2) is 13.4. The Hall–Kier alpha value is -7.72. The number of rotatable bonds is 5. The summed E-state index contributed by atoms with van der Waals surface area (Å²) < 4.78 is 9.61. The van der Waals surface area contributed by atoms with Crippen LogP contribution < -0.4 is 4.90 Å². The van der Waals surface area contributed by atoms with Crippen LogP contribution >= 0.6 is 11.3 Å². The zero-order valence-corrected chi connectivity index (χ0v) is 33.8. The molecular weight excluding hydrogens is 759 g/mol. The van der Waals surface area contributed by atoms with Gasteiger partial charge in [-0.2, -0.15) is 0 Å². The Labute approximate surface area is 355 Å². The average molecular weight is 794 g/mol. The molecule has 2 aromatic heterocycles. The van der Waals surface area contributed by atoms with Gasteiger partial charge in [0, 0.05) is 47.9 Å². The van der Waals surface area contributed by atoms with Crippen LogP contribution in [0.1, 0.15) is 0 Å². The molecule has 0 fully saturated rings. The van der Waals surface area contributed by atoms with Crippen molar-refractivity contribution in [2.45, 2.75) is 0 Å². The number of hydrogen-bond donors (Lipinski definition) is 0. The van der Waals surface area contributed by atoms with Gasteiger partial charge in [-0.25, -0.2) is 0 Å². The molecule has 2 heterocycles. The lowest BCUT2D eigenvalue weighted by molar-refractivity contribution is 0.672. The molecular formula is C58H35NOS. The largest absolute Gasteiger partial charge is 0.455 e. The molecule has 0 aliphatic carbocycles. The van der Waals surface area contributed by atoms with E-state index in [-0.39, 0.29) is 0 Å². The summed E-state index contributed by atoms with van der Waals surface area (Å²) in [6.07, 6.45) is 0. The van der Waals surface area contributed by atoms with E-state index in [9.17, 15) is 0 Å². The Balaban J connectivity index is 1.07. The molecule has 13 aromatic rings. The van der Waals surface area contributed by atoms with Gasteiger partial charge in [-0.3, -0.25) is 0 Å². The summed E-state index contributed by atoms with van der Waals surface area (Å²) in [4.78, 5) is 2.41. The van der Waals surface area contributed by atoms with Crippen LogP contribution in [0.25, 0.3) is 107 Å². The molecule has 0 unspecified atom stereocenters. The lowest BCUT2D eigenvalue weighted by Gasteiger charge is -2.27. The SMILES string of the molecule is c1ccc2cc(N(c3ccc4ccccc4c3)c3cccc4oc5c6ccccc6c(-c6ccc(-c7cccc8c7sc7ccccc78)c7ccccc67)cc5c34)ccc2c1. The number of thiophene rings is 1. The van der Waals surface area contributed by atoms with Crippen molar-refractivity contribution in [3.63, 3.8) is 0 Å². The van der Waals surface area contributed by atoms with Crippen LogP contribution in [0.15, 0.2) is 217 Å². The van der Waals surface area contributed by atoms with Crippen LogP contribution in [0.5, 0.6) is 0 Å². The molecule has 284 valence electrons. The normalized spacial score (nSPS) is 11.9. The third kappa shape index (κ3) is 5.28. The van der Waals surface area contributed by atoms with E-state index in [1.807, 2.05) is 11.3 Å². The van der Waals surface area contributed by atoms with E-state index < -0.39 is 0 Å². The Bertz CT molecular complexity index is 3830. The van der Waals surface area contributed by atoms with Crippen molar-refractivity contribution in [3.05, 3.63) is 212 Å². The van der Waals surface area contributed by atoms with E-state index in [1.54, 1.807) is 0 Å². The van der Waals surface area contributed by atoms with E-state index in [4.69, 9.17) is 4.42 Å². The first kappa shape index (κ1) is 34.2. The summed E-state index contributed by atoms with van der Waals surface area (Å²) in [5.41, 5.74) is 9.92. The first-order chi connectivity index (χ1) is 30.2. The summed E-state index contributed by atoms with van der Waals surface area (Å²) in [5.74, 6) is 0. The minimum Gasteiger partial charge on any atom is -0.455 e. The molecule has 0 amide bonds. The van der Waals surface area contributed by atoms with Gasteiger partial charge < -0.3 is 9.32 Å². The monoisotopic (exact) mass is 793 g/mol. The van der Waals surface area contributed by atoms with Crippen LogP contribution in [-0.4, -0.2) is 0 Å². The van der Waals surface area contributed by atoms with Gasteiger partial charge in [0.25, 0.3) is 0 Å². The van der Waals surface area contributed by atoms with Crippen molar-refractivity contribution in [1.82, 2.24) is 0 Å². The first-order valence-electron chi connectivity index (χ1n) is 20.8. The lowest BCUT2D eigenvalue weighted by Crippen LogP contribution is -2.10. The topological polar surface area (TPSA) is 16.4 Å². The van der Waals surface area contributed by atoms with Crippen molar-refractivity contribution in [3.8, 4) is 22.3 Å². The molecule has 0 spiro atoms. The van der Waals surface area contributed by atoms with Gasteiger partial charge in [0.2, 0.25) is 0 Å². The number of hydrogen-bond acceptors (Lipinski definition) is 3. The number of nitrogens with zero attached hydrogens (tertiary/aromatic N) is 1. The van der Waals surface area contributed by atoms with Gasteiger partial charge in [-0.15, -0.1) is 11.3 Å². The molecule has 0 aliphatic heterocycles. The highest BCUT2D eigenvalue weighted by molar-refractivity contribution is 7.26. The van der Waals surface area contributed by atoms with Crippen LogP contribution in [0.2, 0.25) is 0 Å². The van der Waals surface area contributed by atoms with Crippen LogP contribution in [-0.2, 0) is 0 Å². The highest BCUT2D eigenvalue weighted by Gasteiger charge is 2.23. The second-order valence-corrected chi connectivity index (χ2v) is 17.0. The van der Waals surface area contributed by atoms with Crippen molar-refractivity contribution in [2.24, 2.45) is 0 Å². The highest BCUT2D eigenvalue weighted by Crippen LogP contribution is 2.49. The molecule has 13 rings (SSSR count). The fourth-order valence-electron chi connectivity index (χ4n) is 9.83. The summed E-state index contributed by atoms with van der Waals surface area (Å²) in [5, 5.41) is 14.4. The van der Waals surface area contributed by atoms with Crippen molar-refractivity contribution in [2.75, 3.05) is 4.90 Å². The van der Waals surface area contributed by atoms with Crippen molar-refractivity contribution in [1.29, 1.82) is 0 Å². The third-order valence-corrected chi connectivity index (χ3v) is 13.8. The zero-order valence-electron chi connectivity index (χ0n) is 33.0. The molecule has 0 bridgehead atoms. The van der Waals surface area contributed by atoms with E-state index in [2.05, 4.69) is 217 Å². The van der Waals surface area contributed by atoms with Crippen molar-refractivity contribution < 1.29 is 4.42 Å². The molecule has 0 aliphatic rings. The van der Waals surface area contributed by atoms with Crippen LogP contribution in [0, 0.1) is 0 Å². The van der Waals surface area contributed by atoms with Crippen LogP contribution in [0.4, 0.5) is 17.1 Å². The Morgan fingerprint density at radius 3 is 1.57 bits per heavy atom. The Kier molecular flexibility index (Phi) is 7.51. The molecule has 61 heavy (non-hydrogen) atoms. The number of benzene rings is 11. The molecule has 3 heteroatoms. The average Bonchev–Trinajstić information content (AvgIpc) is 3.90. The number of anilines is 3. The maximum atomic E-state index is 6.96. The molecule has 0 saturated carbocycles. The summed E-state index contributed by atoms with van der Waals surface area (Å²) in [6.45, 7) is 0. The van der Waals surface area contributed by atoms with E-state index in [0.29, 0.717) is 0 Å². The quantitative estimate of drug-likeness (QED) is 0.173. The predicted molar refractivity (Wildman–Crippen MR) is 262 cm³/mol. The van der Waals surface area contributed by atoms with Gasteiger partial charge in [-0.05, 0) is 103 Å². The predicted octanol–water partition coefficient (Wildman–Crippen LogP) is 17.4. The maximum absolute atomic E-state index is 6.96. The zero-order chi connectivity index (χ0) is 40.0. The van der Waals surface area contributed by atoms with Gasteiger partial charge in [-0.1, -0.05) is 164 Å². The van der Waals surface area contributed by atoms with E-state index in [1.165, 1.54) is 80.1 Å². The van der Waals surface area contributed by atoms with E-state index >= 15 is 0 Å². The molecule has 0 N–H and O–H groups in total. The van der Waals surface area contributed by atoms with E-state index in [0.717, 1.165) is 44.4 Å². The fraction of sp³-hybridized carbons (Fsp3) is 0. The minimum absolute atomic E-state index is 0.859. The highest BCUT2D eigenvalue weighted by atomic mass is 32.1.